The summed E-state index contributed by atoms with van der Waals surface area (Å²) in [6, 6.07) is 13.1. The molecule has 3 aromatic rings. The Morgan fingerprint density at radius 3 is 2.79 bits per heavy atom. The first kappa shape index (κ1) is 19.3. The van der Waals surface area contributed by atoms with Crippen molar-refractivity contribution in [2.45, 2.75) is 25.2 Å². The van der Waals surface area contributed by atoms with Gasteiger partial charge in [-0.15, -0.1) is 0 Å². The largest absolute Gasteiger partial charge is 0.508 e. The molecule has 1 atom stereocenters. The Balaban J connectivity index is 1.30. The van der Waals surface area contributed by atoms with Gasteiger partial charge < -0.3 is 15.8 Å². The lowest BCUT2D eigenvalue weighted by molar-refractivity contribution is 0.100. The zero-order valence-corrected chi connectivity index (χ0v) is 16.5. The molecule has 0 bridgehead atoms. The number of H-pyrrole nitrogens is 1. The van der Waals surface area contributed by atoms with Crippen LogP contribution in [-0.4, -0.2) is 40.5 Å². The van der Waals surface area contributed by atoms with Crippen LogP contribution in [0.1, 0.15) is 40.2 Å². The first-order valence-corrected chi connectivity index (χ1v) is 10.2. The molecule has 5 heteroatoms. The highest BCUT2D eigenvalue weighted by Crippen LogP contribution is 2.25. The third-order valence-corrected chi connectivity index (χ3v) is 5.73. The third-order valence-electron chi connectivity index (χ3n) is 5.73. The highest BCUT2D eigenvalue weighted by Gasteiger charge is 2.17. The number of nitrogens with zero attached hydrogens (tertiary/aromatic N) is 1. The number of aromatic hydroxyl groups is 1. The van der Waals surface area contributed by atoms with Gasteiger partial charge in [0.2, 0.25) is 5.91 Å². The van der Waals surface area contributed by atoms with Crippen molar-refractivity contribution >= 4 is 16.8 Å². The zero-order valence-electron chi connectivity index (χ0n) is 16.5. The molecule has 150 valence electrons. The van der Waals surface area contributed by atoms with E-state index in [4.69, 9.17) is 5.73 Å². The number of nitrogens with one attached hydrogen (secondary N) is 1. The van der Waals surface area contributed by atoms with Crippen LogP contribution in [0.25, 0.3) is 10.9 Å². The van der Waals surface area contributed by atoms with E-state index in [9.17, 15) is 9.90 Å². The Morgan fingerprint density at radius 1 is 1.17 bits per heavy atom. The summed E-state index contributed by atoms with van der Waals surface area (Å²) in [5, 5.41) is 10.6. The number of primary amides is 1. The molecule has 5 nitrogen and oxygen atoms in total. The lowest BCUT2D eigenvalue weighted by Gasteiger charge is -2.29. The third kappa shape index (κ3) is 4.51. The number of benzene rings is 2. The number of unbranched alkanes of at least 4 members (excludes halogenated alkanes) is 1. The summed E-state index contributed by atoms with van der Waals surface area (Å²) in [5.41, 5.74) is 9.50. The number of carbonyl (C=O) groups excluding carboxylic acids is 1. The van der Waals surface area contributed by atoms with Crippen molar-refractivity contribution in [2.75, 3.05) is 19.6 Å². The van der Waals surface area contributed by atoms with Gasteiger partial charge in [-0.25, -0.2) is 0 Å². The van der Waals surface area contributed by atoms with Crippen molar-refractivity contribution < 1.29 is 9.90 Å². The SMILES string of the molecule is NC(=O)c1ccc2[nH]cc(CCCCN3CC=CC(c4ccc(O)cc4)C3)c2c1. The topological polar surface area (TPSA) is 82.4 Å². The van der Waals surface area contributed by atoms with Gasteiger partial charge in [0.1, 0.15) is 5.75 Å². The molecule has 2 heterocycles. The highest BCUT2D eigenvalue weighted by atomic mass is 16.3. The van der Waals surface area contributed by atoms with E-state index in [-0.39, 0.29) is 5.91 Å². The van der Waals surface area contributed by atoms with Crippen LogP contribution >= 0.6 is 0 Å². The Kier molecular flexibility index (Phi) is 5.67. The molecule has 1 unspecified atom stereocenters. The molecule has 0 saturated carbocycles. The van der Waals surface area contributed by atoms with Crippen molar-refractivity contribution in [3.63, 3.8) is 0 Å². The van der Waals surface area contributed by atoms with Gasteiger partial charge in [0, 0.05) is 41.7 Å². The minimum atomic E-state index is -0.389. The average Bonchev–Trinajstić information content (AvgIpc) is 3.14. The van der Waals surface area contributed by atoms with E-state index in [1.807, 2.05) is 30.5 Å². The molecule has 4 rings (SSSR count). The summed E-state index contributed by atoms with van der Waals surface area (Å²) in [7, 11) is 0. The second-order valence-electron chi connectivity index (χ2n) is 7.78. The van der Waals surface area contributed by atoms with Gasteiger partial charge in [0.05, 0.1) is 0 Å². The predicted octanol–water partition coefficient (Wildman–Crippen LogP) is 3.95. The predicted molar refractivity (Wildman–Crippen MR) is 116 cm³/mol. The number of aromatic nitrogens is 1. The maximum absolute atomic E-state index is 11.4. The van der Waals surface area contributed by atoms with E-state index in [1.54, 1.807) is 18.2 Å². The Hall–Kier alpha value is -3.05. The Labute approximate surface area is 170 Å². The number of fused-ring (bicyclic) bond motifs is 1. The van der Waals surface area contributed by atoms with Crippen LogP contribution in [0.3, 0.4) is 0 Å². The first-order valence-electron chi connectivity index (χ1n) is 10.2. The van der Waals surface area contributed by atoms with Crippen LogP contribution in [0.5, 0.6) is 5.75 Å². The lowest BCUT2D eigenvalue weighted by atomic mass is 9.95. The van der Waals surface area contributed by atoms with Crippen molar-refractivity contribution in [2.24, 2.45) is 5.73 Å². The zero-order chi connectivity index (χ0) is 20.2. The summed E-state index contributed by atoms with van der Waals surface area (Å²) in [5.74, 6) is 0.302. The number of phenolic OH excluding ortho intramolecular Hbond substituents is 1. The van der Waals surface area contributed by atoms with Crippen LogP contribution < -0.4 is 5.73 Å². The van der Waals surface area contributed by atoms with E-state index in [1.165, 1.54) is 11.1 Å². The van der Waals surface area contributed by atoms with Crippen LogP contribution in [0.2, 0.25) is 0 Å². The van der Waals surface area contributed by atoms with Gasteiger partial charge in [-0.3, -0.25) is 9.69 Å². The highest BCUT2D eigenvalue weighted by molar-refractivity contribution is 5.97. The summed E-state index contributed by atoms with van der Waals surface area (Å²) in [4.78, 5) is 17.2. The number of hydrogen-bond acceptors (Lipinski definition) is 3. The van der Waals surface area contributed by atoms with E-state index in [2.05, 4.69) is 22.0 Å². The standard InChI is InChI=1S/C24H27N3O2/c25-24(29)18-8-11-23-22(14-18)19(15-26-23)4-1-2-12-27-13-3-5-20(16-27)17-6-9-21(28)10-7-17/h3,5-11,14-15,20,26,28H,1-2,4,12-13,16H2,(H2,25,29). The van der Waals surface area contributed by atoms with Crippen molar-refractivity contribution in [3.05, 3.63) is 77.5 Å². The van der Waals surface area contributed by atoms with Gasteiger partial charge in [-0.1, -0.05) is 24.3 Å². The molecule has 1 aliphatic heterocycles. The number of phenols is 1. The fourth-order valence-electron chi connectivity index (χ4n) is 4.10. The van der Waals surface area contributed by atoms with Gasteiger partial charge >= 0.3 is 0 Å². The maximum Gasteiger partial charge on any atom is 0.248 e. The monoisotopic (exact) mass is 389 g/mol. The lowest BCUT2D eigenvalue weighted by Crippen LogP contribution is -2.32. The molecule has 1 aromatic heterocycles. The summed E-state index contributed by atoms with van der Waals surface area (Å²) < 4.78 is 0. The molecule has 1 amide bonds. The van der Waals surface area contributed by atoms with E-state index >= 15 is 0 Å². The Morgan fingerprint density at radius 2 is 2.00 bits per heavy atom. The average molecular weight is 389 g/mol. The molecule has 29 heavy (non-hydrogen) atoms. The number of aryl methyl sites for hydroxylation is 1. The van der Waals surface area contributed by atoms with Crippen molar-refractivity contribution in [1.29, 1.82) is 0 Å². The van der Waals surface area contributed by atoms with Gasteiger partial charge in [-0.05, 0) is 67.3 Å². The minimum Gasteiger partial charge on any atom is -0.508 e. The van der Waals surface area contributed by atoms with Crippen molar-refractivity contribution in [3.8, 4) is 5.75 Å². The molecule has 0 radical (unpaired) electrons. The molecular formula is C24H27N3O2. The molecule has 0 saturated heterocycles. The smallest absolute Gasteiger partial charge is 0.248 e. The fraction of sp³-hybridized carbons (Fsp3) is 0.292. The summed E-state index contributed by atoms with van der Waals surface area (Å²) in [6.07, 6.45) is 9.75. The fourth-order valence-corrected chi connectivity index (χ4v) is 4.10. The van der Waals surface area contributed by atoms with E-state index < -0.39 is 0 Å². The van der Waals surface area contributed by atoms with Crippen LogP contribution in [0.15, 0.2) is 60.8 Å². The van der Waals surface area contributed by atoms with Crippen LogP contribution in [0.4, 0.5) is 0 Å². The van der Waals surface area contributed by atoms with Crippen LogP contribution in [0, 0.1) is 0 Å². The normalized spacial score (nSPS) is 17.0. The quantitative estimate of drug-likeness (QED) is 0.423. The molecular weight excluding hydrogens is 362 g/mol. The molecule has 1 aliphatic rings. The molecule has 4 N–H and O–H groups in total. The Bertz CT molecular complexity index is 1020. The summed E-state index contributed by atoms with van der Waals surface area (Å²) >= 11 is 0. The number of amides is 1. The second kappa shape index (κ2) is 8.53. The van der Waals surface area contributed by atoms with Gasteiger partial charge in [0.15, 0.2) is 0 Å². The minimum absolute atomic E-state index is 0.311. The number of nitrogens with two attached hydrogens (primary N) is 1. The molecule has 2 aromatic carbocycles. The van der Waals surface area contributed by atoms with Crippen LogP contribution in [-0.2, 0) is 6.42 Å². The van der Waals surface area contributed by atoms with Crippen molar-refractivity contribution in [1.82, 2.24) is 9.88 Å². The van der Waals surface area contributed by atoms with Gasteiger partial charge in [0.25, 0.3) is 0 Å². The second-order valence-corrected chi connectivity index (χ2v) is 7.78. The molecule has 0 aliphatic carbocycles. The van der Waals surface area contributed by atoms with Gasteiger partial charge in [-0.2, -0.15) is 0 Å². The molecule has 0 fully saturated rings. The first-order chi connectivity index (χ1) is 14.1. The summed E-state index contributed by atoms with van der Waals surface area (Å²) in [6.45, 7) is 3.06. The maximum atomic E-state index is 11.4. The number of rotatable bonds is 7. The molecule has 0 spiro atoms. The number of aromatic amines is 1. The number of carbonyl (C=O) groups is 1. The van der Waals surface area contributed by atoms with E-state index in [0.29, 0.717) is 17.2 Å². The number of hydrogen-bond donors (Lipinski definition) is 3. The van der Waals surface area contributed by atoms with E-state index in [0.717, 1.165) is 49.8 Å².